The molecule has 0 amide bonds. The minimum absolute atomic E-state index is 0.0170. The van der Waals surface area contributed by atoms with Crippen molar-refractivity contribution < 1.29 is 28.8 Å². The molecule has 3 aromatic rings. The fraction of sp³-hybridized carbons (Fsp3) is 0.280. The lowest BCUT2D eigenvalue weighted by atomic mass is 9.95. The number of para-hydroxylation sites is 4. The van der Waals surface area contributed by atoms with E-state index in [4.69, 9.17) is 23.7 Å². The van der Waals surface area contributed by atoms with Crippen LogP contribution in [0.2, 0.25) is 0 Å². The number of hydrogen-bond acceptors (Lipinski definition) is 6. The average molecular weight is 422 g/mol. The van der Waals surface area contributed by atoms with Crippen LogP contribution in [0.15, 0.2) is 78.9 Å². The van der Waals surface area contributed by atoms with E-state index in [1.807, 2.05) is 78.9 Å². The molecule has 0 aliphatic carbocycles. The quantitative estimate of drug-likeness (QED) is 0.643. The Kier molecular flexibility index (Phi) is 6.92. The zero-order chi connectivity index (χ0) is 21.4. The van der Waals surface area contributed by atoms with E-state index in [-0.39, 0.29) is 13.2 Å². The maximum Gasteiger partial charge on any atom is 0.161 e. The molecular formula is C25H26O6. The number of hydrogen-bond donors (Lipinski definition) is 1. The molecule has 0 fully saturated rings. The first-order valence-corrected chi connectivity index (χ1v) is 10.3. The van der Waals surface area contributed by atoms with Gasteiger partial charge in [0.1, 0.15) is 26.4 Å². The molecule has 4 rings (SSSR count). The van der Waals surface area contributed by atoms with E-state index in [1.165, 1.54) is 0 Å². The summed E-state index contributed by atoms with van der Waals surface area (Å²) in [7, 11) is 0. The molecule has 162 valence electrons. The van der Waals surface area contributed by atoms with Gasteiger partial charge in [-0.1, -0.05) is 54.6 Å². The van der Waals surface area contributed by atoms with Gasteiger partial charge in [0.15, 0.2) is 28.6 Å². The fourth-order valence-electron chi connectivity index (χ4n) is 3.25. The van der Waals surface area contributed by atoms with Crippen molar-refractivity contribution >= 4 is 0 Å². The van der Waals surface area contributed by atoms with E-state index in [2.05, 4.69) is 0 Å². The van der Waals surface area contributed by atoms with Crippen molar-refractivity contribution in [3.63, 3.8) is 0 Å². The van der Waals surface area contributed by atoms with Crippen LogP contribution in [0.1, 0.15) is 5.56 Å². The first-order chi connectivity index (χ1) is 15.2. The van der Waals surface area contributed by atoms with Crippen molar-refractivity contribution in [1.82, 2.24) is 0 Å². The number of fused-ring (bicyclic) bond motifs is 2. The van der Waals surface area contributed by atoms with Gasteiger partial charge in [-0.25, -0.2) is 0 Å². The third-order valence-corrected chi connectivity index (χ3v) is 4.91. The molecule has 0 bridgehead atoms. The Hall–Kier alpha value is -3.22. The lowest BCUT2D eigenvalue weighted by Crippen LogP contribution is -2.39. The molecular weight excluding hydrogens is 396 g/mol. The lowest BCUT2D eigenvalue weighted by Gasteiger charge is -2.29. The molecule has 0 atom stereocenters. The highest BCUT2D eigenvalue weighted by molar-refractivity contribution is 5.41. The predicted molar refractivity (Wildman–Crippen MR) is 116 cm³/mol. The predicted octanol–water partition coefficient (Wildman–Crippen LogP) is 3.82. The molecule has 0 radical (unpaired) electrons. The molecule has 0 aromatic heterocycles. The van der Waals surface area contributed by atoms with Crippen LogP contribution < -0.4 is 18.9 Å². The van der Waals surface area contributed by atoms with Crippen LogP contribution in [-0.4, -0.2) is 44.7 Å². The van der Waals surface area contributed by atoms with Crippen LogP contribution in [-0.2, 0) is 10.3 Å². The Morgan fingerprint density at radius 3 is 1.42 bits per heavy atom. The molecule has 0 saturated carbocycles. The normalized spacial score (nSPS) is 16.9. The summed E-state index contributed by atoms with van der Waals surface area (Å²) < 4.78 is 29.3. The summed E-state index contributed by atoms with van der Waals surface area (Å²) in [5.41, 5.74) is -0.692. The number of aliphatic hydroxyl groups is 1. The van der Waals surface area contributed by atoms with E-state index < -0.39 is 5.60 Å². The largest absolute Gasteiger partial charge is 0.487 e. The zero-order valence-corrected chi connectivity index (χ0v) is 17.2. The van der Waals surface area contributed by atoms with Crippen LogP contribution in [0.3, 0.4) is 0 Å². The molecule has 1 N–H and O–H groups in total. The minimum Gasteiger partial charge on any atom is -0.487 e. The van der Waals surface area contributed by atoms with Crippen LogP contribution in [0.25, 0.3) is 0 Å². The van der Waals surface area contributed by atoms with E-state index in [1.54, 1.807) is 0 Å². The smallest absolute Gasteiger partial charge is 0.161 e. The van der Waals surface area contributed by atoms with E-state index in [9.17, 15) is 5.11 Å². The molecule has 1 aliphatic rings. The second-order valence-corrected chi connectivity index (χ2v) is 7.18. The van der Waals surface area contributed by atoms with E-state index >= 15 is 0 Å². The van der Waals surface area contributed by atoms with Gasteiger partial charge in [0.2, 0.25) is 0 Å². The van der Waals surface area contributed by atoms with Crippen molar-refractivity contribution in [2.24, 2.45) is 0 Å². The Morgan fingerprint density at radius 1 is 0.516 bits per heavy atom. The van der Waals surface area contributed by atoms with Gasteiger partial charge >= 0.3 is 0 Å². The zero-order valence-electron chi connectivity index (χ0n) is 17.2. The Bertz CT molecular complexity index is 903. The Morgan fingerprint density at radius 2 is 0.935 bits per heavy atom. The highest BCUT2D eigenvalue weighted by Gasteiger charge is 2.32. The second-order valence-electron chi connectivity index (χ2n) is 7.18. The standard InChI is InChI=1S/C25H26O6/c26-25(20-8-2-1-3-9-20)18-30-23-12-6-4-10-21(23)28-16-14-27-15-17-29-22-11-5-7-13-24(22)31-19-25/h1-13,26H,14-19H2. The molecule has 1 heterocycles. The third-order valence-electron chi connectivity index (χ3n) is 4.91. The highest BCUT2D eigenvalue weighted by Crippen LogP contribution is 2.32. The minimum atomic E-state index is -1.39. The molecule has 1 aliphatic heterocycles. The number of ether oxygens (including phenoxy) is 5. The van der Waals surface area contributed by atoms with Crippen molar-refractivity contribution in [2.75, 3.05) is 39.6 Å². The van der Waals surface area contributed by atoms with Gasteiger partial charge in [-0.3, -0.25) is 0 Å². The van der Waals surface area contributed by atoms with Crippen LogP contribution in [0, 0.1) is 0 Å². The SMILES string of the molecule is OC1(c2ccccc2)COc2ccccc2OCCOCCOc2ccccc2OC1. The molecule has 0 unspecified atom stereocenters. The summed E-state index contributed by atoms with van der Waals surface area (Å²) in [6.45, 7) is 1.56. The fourth-order valence-corrected chi connectivity index (χ4v) is 3.25. The van der Waals surface area contributed by atoms with Crippen molar-refractivity contribution in [2.45, 2.75) is 5.60 Å². The van der Waals surface area contributed by atoms with Gasteiger partial charge in [-0.05, 0) is 29.8 Å². The van der Waals surface area contributed by atoms with Crippen molar-refractivity contribution in [3.8, 4) is 23.0 Å². The number of benzene rings is 3. The van der Waals surface area contributed by atoms with Gasteiger partial charge in [-0.15, -0.1) is 0 Å². The third kappa shape index (κ3) is 5.48. The van der Waals surface area contributed by atoms with E-state index in [0.717, 1.165) is 0 Å². The average Bonchev–Trinajstić information content (AvgIpc) is 2.82. The summed E-state index contributed by atoms with van der Waals surface area (Å²) in [5, 5.41) is 11.6. The summed E-state index contributed by atoms with van der Waals surface area (Å²) >= 11 is 0. The van der Waals surface area contributed by atoms with Crippen LogP contribution in [0.5, 0.6) is 23.0 Å². The first kappa shape index (κ1) is 21.0. The monoisotopic (exact) mass is 422 g/mol. The second kappa shape index (κ2) is 10.2. The first-order valence-electron chi connectivity index (χ1n) is 10.3. The van der Waals surface area contributed by atoms with Gasteiger partial charge < -0.3 is 28.8 Å². The maximum absolute atomic E-state index is 11.6. The summed E-state index contributed by atoms with van der Waals surface area (Å²) in [4.78, 5) is 0. The van der Waals surface area contributed by atoms with Gasteiger partial charge in [-0.2, -0.15) is 0 Å². The molecule has 3 aromatic carbocycles. The molecule has 6 nitrogen and oxygen atoms in total. The Labute approximate surface area is 181 Å². The highest BCUT2D eigenvalue weighted by atomic mass is 16.6. The lowest BCUT2D eigenvalue weighted by molar-refractivity contribution is -0.0463. The summed E-state index contributed by atoms with van der Waals surface area (Å²) in [5.74, 6) is 2.28. The van der Waals surface area contributed by atoms with Gasteiger partial charge in [0, 0.05) is 0 Å². The topological polar surface area (TPSA) is 66.4 Å². The molecule has 0 saturated heterocycles. The van der Waals surface area contributed by atoms with Crippen LogP contribution in [0.4, 0.5) is 0 Å². The maximum atomic E-state index is 11.6. The summed E-state index contributed by atoms with van der Waals surface area (Å²) in [6, 6.07) is 24.1. The molecule has 0 spiro atoms. The number of rotatable bonds is 1. The Balaban J connectivity index is 1.62. The summed E-state index contributed by atoms with van der Waals surface area (Å²) in [6.07, 6.45) is 0. The van der Waals surface area contributed by atoms with Crippen molar-refractivity contribution in [1.29, 1.82) is 0 Å². The molecule has 6 heteroatoms. The van der Waals surface area contributed by atoms with Gasteiger partial charge in [0.05, 0.1) is 13.2 Å². The molecule has 31 heavy (non-hydrogen) atoms. The van der Waals surface area contributed by atoms with Crippen LogP contribution >= 0.6 is 0 Å². The van der Waals surface area contributed by atoms with Gasteiger partial charge in [0.25, 0.3) is 0 Å². The van der Waals surface area contributed by atoms with Crippen molar-refractivity contribution in [3.05, 3.63) is 84.4 Å². The van der Waals surface area contributed by atoms with E-state index in [0.29, 0.717) is 55.0 Å².